The summed E-state index contributed by atoms with van der Waals surface area (Å²) in [6, 6.07) is 12.3. The van der Waals surface area contributed by atoms with Crippen LogP contribution in [-0.4, -0.2) is 50.0 Å². The van der Waals surface area contributed by atoms with Gasteiger partial charge in [-0.15, -0.1) is 0 Å². The Hall–Kier alpha value is -3.41. The number of carbonyl (C=O) groups is 1. The van der Waals surface area contributed by atoms with Gasteiger partial charge in [0.2, 0.25) is 10.0 Å². The molecule has 1 aromatic heterocycles. The molecule has 0 saturated heterocycles. The highest BCUT2D eigenvalue weighted by Gasteiger charge is 2.17. The minimum Gasteiger partial charge on any atom is -0.488 e. The average molecular weight is 503 g/mol. The number of benzene rings is 2. The van der Waals surface area contributed by atoms with Crippen LogP contribution >= 0.6 is 0 Å². The zero-order chi connectivity index (χ0) is 25.6. The summed E-state index contributed by atoms with van der Waals surface area (Å²) in [6.45, 7) is 5.70. The molecule has 11 heteroatoms. The number of hydrogen-bond acceptors (Lipinski definition) is 7. The Morgan fingerprint density at radius 2 is 1.71 bits per heavy atom. The third-order valence-electron chi connectivity index (χ3n) is 4.60. The molecule has 3 aromatic rings. The maximum absolute atomic E-state index is 12.9. The zero-order valence-electron chi connectivity index (χ0n) is 20.3. The molecule has 1 atom stereocenters. The molecule has 2 aromatic carbocycles. The first-order valence-electron chi connectivity index (χ1n) is 11.0. The third kappa shape index (κ3) is 7.54. The number of anilines is 1. The lowest BCUT2D eigenvalue weighted by atomic mass is 10.2. The van der Waals surface area contributed by atoms with Crippen LogP contribution in [0.3, 0.4) is 0 Å². The predicted molar refractivity (Wildman–Crippen MR) is 132 cm³/mol. The molecular weight excluding hydrogens is 472 g/mol. The molecule has 0 aliphatic heterocycles. The minimum atomic E-state index is -3.62. The number of aryl methyl sites for hydroxylation is 1. The average Bonchev–Trinajstić information content (AvgIpc) is 3.17. The summed E-state index contributed by atoms with van der Waals surface area (Å²) < 4.78 is 45.8. The van der Waals surface area contributed by atoms with E-state index >= 15 is 0 Å². The van der Waals surface area contributed by atoms with E-state index in [0.29, 0.717) is 35.2 Å². The molecule has 3 rings (SSSR count). The molecule has 2 N–H and O–H groups in total. The van der Waals surface area contributed by atoms with E-state index in [9.17, 15) is 13.2 Å². The minimum absolute atomic E-state index is 0.124. The monoisotopic (exact) mass is 502 g/mol. The summed E-state index contributed by atoms with van der Waals surface area (Å²) in [4.78, 5) is 13.0. The van der Waals surface area contributed by atoms with Gasteiger partial charge in [0.15, 0.2) is 5.82 Å². The molecule has 0 fully saturated rings. The first kappa shape index (κ1) is 26.2. The Balaban J connectivity index is 1.85. The fourth-order valence-corrected chi connectivity index (χ4v) is 4.45. The van der Waals surface area contributed by atoms with Crippen molar-refractivity contribution in [2.75, 3.05) is 19.0 Å². The normalized spacial score (nSPS) is 12.4. The van der Waals surface area contributed by atoms with Gasteiger partial charge in [0.25, 0.3) is 5.91 Å². The highest BCUT2D eigenvalue weighted by Crippen LogP contribution is 2.29. The summed E-state index contributed by atoms with van der Waals surface area (Å²) in [5, 5.41) is 6.89. The number of methoxy groups -OCH3 is 1. The van der Waals surface area contributed by atoms with E-state index in [1.165, 1.54) is 12.1 Å². The van der Waals surface area contributed by atoms with E-state index in [2.05, 4.69) is 15.1 Å². The number of nitrogens with one attached hydrogen (secondary N) is 2. The van der Waals surface area contributed by atoms with Crippen LogP contribution < -0.4 is 19.5 Å². The molecule has 188 valence electrons. The predicted octanol–water partition coefficient (Wildman–Crippen LogP) is 3.57. The first-order chi connectivity index (χ1) is 16.6. The Morgan fingerprint density at radius 3 is 2.31 bits per heavy atom. The Morgan fingerprint density at radius 1 is 1.03 bits per heavy atom. The number of hydrogen-bond donors (Lipinski definition) is 2. The van der Waals surface area contributed by atoms with Gasteiger partial charge in [0.05, 0.1) is 11.5 Å². The molecule has 0 unspecified atom stereocenters. The van der Waals surface area contributed by atoms with Gasteiger partial charge in [-0.2, -0.15) is 5.10 Å². The van der Waals surface area contributed by atoms with Crippen LogP contribution in [0.25, 0.3) is 0 Å². The quantitative estimate of drug-likeness (QED) is 0.411. The topological polar surface area (TPSA) is 121 Å². The molecule has 0 bridgehead atoms. The number of carbonyl (C=O) groups excluding carboxylic acids is 1. The molecule has 1 heterocycles. The van der Waals surface area contributed by atoms with Crippen LogP contribution in [0.1, 0.15) is 31.1 Å². The second kappa shape index (κ2) is 11.3. The largest absolute Gasteiger partial charge is 0.488 e. The van der Waals surface area contributed by atoms with Crippen molar-refractivity contribution in [1.29, 1.82) is 0 Å². The highest BCUT2D eigenvalue weighted by atomic mass is 32.2. The van der Waals surface area contributed by atoms with Gasteiger partial charge < -0.3 is 19.5 Å². The summed E-state index contributed by atoms with van der Waals surface area (Å²) in [5.41, 5.74) is 0.299. The van der Waals surface area contributed by atoms with Crippen LogP contribution in [0.15, 0.2) is 59.6 Å². The molecule has 35 heavy (non-hydrogen) atoms. The van der Waals surface area contributed by atoms with E-state index in [-0.39, 0.29) is 22.9 Å². The van der Waals surface area contributed by atoms with Crippen LogP contribution in [0.4, 0.5) is 5.82 Å². The number of rotatable bonds is 11. The number of sulfonamides is 1. The van der Waals surface area contributed by atoms with Gasteiger partial charge in [-0.05, 0) is 57.2 Å². The van der Waals surface area contributed by atoms with E-state index in [1.54, 1.807) is 75.3 Å². The molecule has 0 saturated carbocycles. The number of nitrogens with zero attached hydrogens (tertiary/aromatic N) is 2. The number of amides is 1. The van der Waals surface area contributed by atoms with Crippen molar-refractivity contribution >= 4 is 21.7 Å². The number of ether oxygens (including phenoxy) is 3. The fourth-order valence-electron chi connectivity index (χ4n) is 3.20. The van der Waals surface area contributed by atoms with Gasteiger partial charge in [0, 0.05) is 44.1 Å². The van der Waals surface area contributed by atoms with Crippen LogP contribution in [-0.2, 0) is 21.8 Å². The summed E-state index contributed by atoms with van der Waals surface area (Å²) in [6.07, 6.45) is 1.45. The number of aromatic nitrogens is 2. The van der Waals surface area contributed by atoms with E-state index in [1.807, 2.05) is 6.92 Å². The van der Waals surface area contributed by atoms with Crippen LogP contribution in [0, 0.1) is 0 Å². The molecule has 1 amide bonds. The van der Waals surface area contributed by atoms with Crippen molar-refractivity contribution in [3.8, 4) is 17.2 Å². The molecule has 0 spiro atoms. The molecular formula is C24H30N4O6S. The Kier molecular flexibility index (Phi) is 8.49. The molecule has 0 aliphatic rings. The van der Waals surface area contributed by atoms with Crippen LogP contribution in [0.5, 0.6) is 17.2 Å². The SMILES string of the molecule is COC[C@H](C)Oc1cc(Oc2ccc(S(=O)(=O)NC(C)C)cc2)cc(C(=O)Nc2ccn(C)n2)c1. The van der Waals surface area contributed by atoms with Gasteiger partial charge in [-0.1, -0.05) is 0 Å². The Bertz CT molecular complexity index is 1260. The van der Waals surface area contributed by atoms with E-state index < -0.39 is 10.0 Å². The second-order valence-electron chi connectivity index (χ2n) is 8.26. The van der Waals surface area contributed by atoms with Crippen molar-refractivity contribution in [2.45, 2.75) is 37.8 Å². The van der Waals surface area contributed by atoms with E-state index in [4.69, 9.17) is 14.2 Å². The standard InChI is InChI=1S/C24H30N4O6S/c1-16(2)27-35(30,31)22-8-6-19(7-9-22)34-21-13-18(12-20(14-21)33-17(3)15-32-5)24(29)25-23-10-11-28(4)26-23/h6-14,16-17,27H,15H2,1-5H3,(H,25,26,29)/t17-/m0/s1. The van der Waals surface area contributed by atoms with Crippen molar-refractivity contribution < 1.29 is 27.4 Å². The first-order valence-corrected chi connectivity index (χ1v) is 12.5. The lowest BCUT2D eigenvalue weighted by Crippen LogP contribution is -2.30. The summed E-state index contributed by atoms with van der Waals surface area (Å²) in [5.74, 6) is 1.17. The van der Waals surface area contributed by atoms with Gasteiger partial charge in [0.1, 0.15) is 23.4 Å². The van der Waals surface area contributed by atoms with Crippen molar-refractivity contribution in [2.24, 2.45) is 7.05 Å². The van der Waals surface area contributed by atoms with Crippen molar-refractivity contribution in [3.63, 3.8) is 0 Å². The second-order valence-corrected chi connectivity index (χ2v) is 9.97. The van der Waals surface area contributed by atoms with Crippen molar-refractivity contribution in [1.82, 2.24) is 14.5 Å². The van der Waals surface area contributed by atoms with Crippen LogP contribution in [0.2, 0.25) is 0 Å². The summed E-state index contributed by atoms with van der Waals surface area (Å²) in [7, 11) is -0.291. The molecule has 0 aliphatic carbocycles. The van der Waals surface area contributed by atoms with Crippen molar-refractivity contribution in [3.05, 3.63) is 60.3 Å². The van der Waals surface area contributed by atoms with Gasteiger partial charge in [-0.3, -0.25) is 9.48 Å². The molecule has 0 radical (unpaired) electrons. The zero-order valence-corrected chi connectivity index (χ0v) is 21.1. The maximum atomic E-state index is 12.9. The molecule has 10 nitrogen and oxygen atoms in total. The Labute approximate surface area is 205 Å². The lowest BCUT2D eigenvalue weighted by molar-refractivity contribution is 0.0915. The van der Waals surface area contributed by atoms with Gasteiger partial charge >= 0.3 is 0 Å². The maximum Gasteiger partial charge on any atom is 0.257 e. The lowest BCUT2D eigenvalue weighted by Gasteiger charge is -2.16. The third-order valence-corrected chi connectivity index (χ3v) is 6.27. The summed E-state index contributed by atoms with van der Waals surface area (Å²) >= 11 is 0. The van der Waals surface area contributed by atoms with E-state index in [0.717, 1.165) is 0 Å². The van der Waals surface area contributed by atoms with Gasteiger partial charge in [-0.25, -0.2) is 13.1 Å². The fraction of sp³-hybridized carbons (Fsp3) is 0.333. The smallest absolute Gasteiger partial charge is 0.257 e. The highest BCUT2D eigenvalue weighted by molar-refractivity contribution is 7.89.